The summed E-state index contributed by atoms with van der Waals surface area (Å²) in [6.45, 7) is 2.65. The van der Waals surface area contributed by atoms with E-state index in [1.165, 1.54) is 12.1 Å². The minimum atomic E-state index is -0.248. The third kappa shape index (κ3) is 4.56. The van der Waals surface area contributed by atoms with E-state index in [1.54, 1.807) is 0 Å². The number of halogens is 2. The van der Waals surface area contributed by atoms with Crippen LogP contribution in [0.25, 0.3) is 0 Å². The number of nitrogens with two attached hydrogens (primary N) is 1. The number of carbonyl (C=O) groups excluding carboxylic acids is 1. The van der Waals surface area contributed by atoms with Crippen molar-refractivity contribution < 1.29 is 9.90 Å². The van der Waals surface area contributed by atoms with E-state index in [-0.39, 0.29) is 34.2 Å². The zero-order valence-corrected chi connectivity index (χ0v) is 12.3. The Kier molecular flexibility index (Phi) is 6.42. The Morgan fingerprint density at radius 2 is 2.16 bits per heavy atom. The maximum absolute atomic E-state index is 12.0. The maximum Gasteiger partial charge on any atom is 0.251 e. The van der Waals surface area contributed by atoms with E-state index < -0.39 is 0 Å². The number of benzene rings is 1. The highest BCUT2D eigenvalue weighted by molar-refractivity contribution is 6.43. The number of amides is 1. The molecule has 0 spiro atoms. The summed E-state index contributed by atoms with van der Waals surface area (Å²) in [6, 6.07) is 2.99. The van der Waals surface area contributed by atoms with Crippen molar-refractivity contribution in [3.8, 4) is 0 Å². The quantitative estimate of drug-likeness (QED) is 0.707. The van der Waals surface area contributed by atoms with Crippen molar-refractivity contribution in [2.45, 2.75) is 19.8 Å². The van der Waals surface area contributed by atoms with Crippen molar-refractivity contribution in [3.63, 3.8) is 0 Å². The predicted octanol–water partition coefficient (Wildman–Crippen LogP) is 2.71. The normalized spacial score (nSPS) is 12.2. The first-order valence-electron chi connectivity index (χ1n) is 6.13. The van der Waals surface area contributed by atoms with Crippen LogP contribution >= 0.6 is 23.2 Å². The first-order chi connectivity index (χ1) is 8.99. The smallest absolute Gasteiger partial charge is 0.251 e. The molecule has 19 heavy (non-hydrogen) atoms. The Morgan fingerprint density at radius 3 is 2.68 bits per heavy atom. The van der Waals surface area contributed by atoms with Crippen molar-refractivity contribution in [2.75, 3.05) is 18.9 Å². The highest BCUT2D eigenvalue weighted by Crippen LogP contribution is 2.29. The molecule has 1 rings (SSSR count). The molecule has 0 saturated heterocycles. The molecule has 6 heteroatoms. The van der Waals surface area contributed by atoms with Crippen LogP contribution in [-0.2, 0) is 0 Å². The second kappa shape index (κ2) is 7.58. The Morgan fingerprint density at radius 1 is 1.47 bits per heavy atom. The largest absolute Gasteiger partial charge is 0.397 e. The van der Waals surface area contributed by atoms with Crippen LogP contribution in [0.15, 0.2) is 12.1 Å². The fraction of sp³-hybridized carbons (Fsp3) is 0.462. The molecular weight excluding hydrogens is 287 g/mol. The highest BCUT2D eigenvalue weighted by Gasteiger charge is 2.13. The van der Waals surface area contributed by atoms with Crippen molar-refractivity contribution in [3.05, 3.63) is 27.7 Å². The molecule has 0 aliphatic rings. The Bertz CT molecular complexity index is 429. The number of aliphatic hydroxyl groups is 1. The highest BCUT2D eigenvalue weighted by atomic mass is 35.5. The molecule has 1 atom stereocenters. The third-order valence-electron chi connectivity index (χ3n) is 2.98. The lowest BCUT2D eigenvalue weighted by atomic mass is 10.0. The van der Waals surface area contributed by atoms with Crippen LogP contribution in [0.2, 0.25) is 10.0 Å². The lowest BCUT2D eigenvalue weighted by Gasteiger charge is -2.14. The summed E-state index contributed by atoms with van der Waals surface area (Å²) >= 11 is 11.7. The van der Waals surface area contributed by atoms with E-state index in [9.17, 15) is 4.79 Å². The van der Waals surface area contributed by atoms with Crippen molar-refractivity contribution in [1.82, 2.24) is 5.32 Å². The van der Waals surface area contributed by atoms with Crippen LogP contribution in [0.4, 0.5) is 5.69 Å². The molecule has 0 fully saturated rings. The van der Waals surface area contributed by atoms with Gasteiger partial charge in [-0.05, 0) is 24.5 Å². The van der Waals surface area contributed by atoms with Gasteiger partial charge in [-0.1, -0.05) is 36.5 Å². The summed E-state index contributed by atoms with van der Waals surface area (Å²) in [5.41, 5.74) is 6.32. The molecule has 4 nitrogen and oxygen atoms in total. The molecule has 4 N–H and O–H groups in total. The van der Waals surface area contributed by atoms with Crippen LogP contribution in [0, 0.1) is 5.92 Å². The molecule has 1 aromatic rings. The standard InChI is InChI=1S/C13H18Cl2N2O2/c1-2-8(3-4-18)7-17-13(19)9-5-10(14)12(15)11(16)6-9/h5-6,8,18H,2-4,7,16H2,1H3,(H,17,19). The van der Waals surface area contributed by atoms with Crippen LogP contribution in [0.1, 0.15) is 30.1 Å². The first kappa shape index (κ1) is 16.1. The summed E-state index contributed by atoms with van der Waals surface area (Å²) in [5.74, 6) is 0.00993. The van der Waals surface area contributed by atoms with E-state index >= 15 is 0 Å². The molecule has 0 aromatic heterocycles. The maximum atomic E-state index is 12.0. The summed E-state index contributed by atoms with van der Waals surface area (Å²) < 4.78 is 0. The molecular formula is C13H18Cl2N2O2. The zero-order valence-electron chi connectivity index (χ0n) is 10.7. The van der Waals surface area contributed by atoms with Gasteiger partial charge in [-0.25, -0.2) is 0 Å². The molecule has 0 bridgehead atoms. The van der Waals surface area contributed by atoms with Gasteiger partial charge < -0.3 is 16.2 Å². The number of aliphatic hydroxyl groups excluding tert-OH is 1. The molecule has 0 aliphatic carbocycles. The monoisotopic (exact) mass is 304 g/mol. The Balaban J connectivity index is 2.68. The predicted molar refractivity (Wildman–Crippen MR) is 78.7 cm³/mol. The van der Waals surface area contributed by atoms with Crippen LogP contribution in [-0.4, -0.2) is 24.2 Å². The van der Waals surface area contributed by atoms with Gasteiger partial charge in [0.25, 0.3) is 5.91 Å². The van der Waals surface area contributed by atoms with Gasteiger partial charge in [0.1, 0.15) is 0 Å². The van der Waals surface area contributed by atoms with Gasteiger partial charge in [0.05, 0.1) is 15.7 Å². The van der Waals surface area contributed by atoms with E-state index in [1.807, 2.05) is 6.92 Å². The van der Waals surface area contributed by atoms with Gasteiger partial charge in [-0.3, -0.25) is 4.79 Å². The Hall–Kier alpha value is -0.970. The molecule has 0 aliphatic heterocycles. The molecule has 1 aromatic carbocycles. The zero-order chi connectivity index (χ0) is 14.4. The summed E-state index contributed by atoms with van der Waals surface area (Å²) in [6.07, 6.45) is 1.56. The first-order valence-corrected chi connectivity index (χ1v) is 6.88. The number of anilines is 1. The summed E-state index contributed by atoms with van der Waals surface area (Å²) in [4.78, 5) is 12.0. The summed E-state index contributed by atoms with van der Waals surface area (Å²) in [7, 11) is 0. The molecule has 0 saturated carbocycles. The molecule has 0 radical (unpaired) electrons. The average molecular weight is 305 g/mol. The lowest BCUT2D eigenvalue weighted by Crippen LogP contribution is -2.29. The minimum Gasteiger partial charge on any atom is -0.397 e. The van der Waals surface area contributed by atoms with Crippen molar-refractivity contribution >= 4 is 34.8 Å². The minimum absolute atomic E-state index is 0.119. The van der Waals surface area contributed by atoms with Gasteiger partial charge in [0.2, 0.25) is 0 Å². The SMILES string of the molecule is CCC(CCO)CNC(=O)c1cc(N)c(Cl)c(Cl)c1. The number of hydrogen-bond acceptors (Lipinski definition) is 3. The van der Waals surface area contributed by atoms with E-state index in [0.717, 1.165) is 6.42 Å². The topological polar surface area (TPSA) is 75.3 Å². The van der Waals surface area contributed by atoms with Crippen molar-refractivity contribution in [1.29, 1.82) is 0 Å². The fourth-order valence-corrected chi connectivity index (χ4v) is 2.05. The van der Waals surface area contributed by atoms with Gasteiger partial charge in [0, 0.05) is 18.7 Å². The number of rotatable bonds is 6. The molecule has 1 amide bonds. The van der Waals surface area contributed by atoms with Crippen LogP contribution in [0.5, 0.6) is 0 Å². The Labute approximate surface area is 122 Å². The van der Waals surface area contributed by atoms with Crippen LogP contribution < -0.4 is 11.1 Å². The number of carbonyl (C=O) groups is 1. The summed E-state index contributed by atoms with van der Waals surface area (Å²) in [5, 5.41) is 12.2. The average Bonchev–Trinajstić information content (AvgIpc) is 2.39. The molecule has 106 valence electrons. The second-order valence-corrected chi connectivity index (χ2v) is 5.14. The second-order valence-electron chi connectivity index (χ2n) is 4.36. The van der Waals surface area contributed by atoms with Crippen molar-refractivity contribution in [2.24, 2.45) is 5.92 Å². The number of hydrogen-bond donors (Lipinski definition) is 3. The van der Waals surface area contributed by atoms with Gasteiger partial charge >= 0.3 is 0 Å². The molecule has 1 unspecified atom stereocenters. The van der Waals surface area contributed by atoms with Gasteiger partial charge in [-0.15, -0.1) is 0 Å². The van der Waals surface area contributed by atoms with Gasteiger partial charge in [0.15, 0.2) is 0 Å². The number of nitrogens with one attached hydrogen (secondary N) is 1. The third-order valence-corrected chi connectivity index (χ3v) is 3.80. The van der Waals surface area contributed by atoms with E-state index in [0.29, 0.717) is 18.5 Å². The van der Waals surface area contributed by atoms with Gasteiger partial charge in [-0.2, -0.15) is 0 Å². The fourth-order valence-electron chi connectivity index (χ4n) is 1.71. The lowest BCUT2D eigenvalue weighted by molar-refractivity contribution is 0.0943. The van der Waals surface area contributed by atoms with E-state index in [2.05, 4.69) is 5.32 Å². The van der Waals surface area contributed by atoms with Crippen LogP contribution in [0.3, 0.4) is 0 Å². The molecule has 0 heterocycles. The van der Waals surface area contributed by atoms with E-state index in [4.69, 9.17) is 34.0 Å². The number of nitrogen functional groups attached to an aromatic ring is 1.